The Morgan fingerprint density at radius 1 is 1.00 bits per heavy atom. The Kier molecular flexibility index (Phi) is 3.35. The van der Waals surface area contributed by atoms with Gasteiger partial charge in [0.25, 0.3) is 0 Å². The fourth-order valence-corrected chi connectivity index (χ4v) is 6.34. The molecule has 5 rings (SSSR count). The summed E-state index contributed by atoms with van der Waals surface area (Å²) in [6, 6.07) is 0.732. The SMILES string of the molecule is CNC(C1CCCOC1)C1C2CC3CC(C2)CC1C3. The highest BCUT2D eigenvalue weighted by atomic mass is 16.5. The second kappa shape index (κ2) is 5.04. The Morgan fingerprint density at radius 2 is 1.68 bits per heavy atom. The maximum absolute atomic E-state index is 5.77. The van der Waals surface area contributed by atoms with Crippen LogP contribution in [0.3, 0.4) is 0 Å². The van der Waals surface area contributed by atoms with Gasteiger partial charge in [-0.3, -0.25) is 0 Å². The van der Waals surface area contributed by atoms with E-state index < -0.39 is 0 Å². The van der Waals surface area contributed by atoms with E-state index in [9.17, 15) is 0 Å². The van der Waals surface area contributed by atoms with Crippen molar-refractivity contribution in [2.24, 2.45) is 35.5 Å². The molecule has 0 amide bonds. The quantitative estimate of drug-likeness (QED) is 0.845. The minimum absolute atomic E-state index is 0.732. The van der Waals surface area contributed by atoms with Crippen LogP contribution in [0.15, 0.2) is 0 Å². The van der Waals surface area contributed by atoms with E-state index in [1.807, 2.05) is 0 Å². The minimum atomic E-state index is 0.732. The van der Waals surface area contributed by atoms with Gasteiger partial charge in [0.2, 0.25) is 0 Å². The van der Waals surface area contributed by atoms with E-state index in [1.165, 1.54) is 12.8 Å². The average molecular weight is 263 g/mol. The summed E-state index contributed by atoms with van der Waals surface area (Å²) in [4.78, 5) is 0. The molecule has 2 nitrogen and oxygen atoms in total. The average Bonchev–Trinajstić information content (AvgIpc) is 2.43. The summed E-state index contributed by atoms with van der Waals surface area (Å²) < 4.78 is 5.77. The van der Waals surface area contributed by atoms with Gasteiger partial charge >= 0.3 is 0 Å². The first kappa shape index (κ1) is 12.6. The lowest BCUT2D eigenvalue weighted by molar-refractivity contribution is -0.0728. The van der Waals surface area contributed by atoms with Gasteiger partial charge in [-0.05, 0) is 87.5 Å². The van der Waals surface area contributed by atoms with Crippen molar-refractivity contribution < 1.29 is 4.74 Å². The number of nitrogens with one attached hydrogen (secondary N) is 1. The van der Waals surface area contributed by atoms with E-state index in [0.717, 1.165) is 54.8 Å². The summed E-state index contributed by atoms with van der Waals surface area (Å²) in [5, 5.41) is 3.72. The van der Waals surface area contributed by atoms with Gasteiger partial charge in [0.1, 0.15) is 0 Å². The molecule has 1 aliphatic heterocycles. The summed E-state index contributed by atoms with van der Waals surface area (Å²) in [6.45, 7) is 2.00. The molecule has 108 valence electrons. The molecule has 19 heavy (non-hydrogen) atoms. The molecule has 4 bridgehead atoms. The van der Waals surface area contributed by atoms with E-state index in [-0.39, 0.29) is 0 Å². The largest absolute Gasteiger partial charge is 0.381 e. The second-order valence-electron chi connectivity index (χ2n) is 7.80. The molecule has 0 radical (unpaired) electrons. The van der Waals surface area contributed by atoms with Crippen LogP contribution in [0.4, 0.5) is 0 Å². The zero-order chi connectivity index (χ0) is 12.8. The smallest absolute Gasteiger partial charge is 0.0509 e. The highest BCUT2D eigenvalue weighted by Gasteiger charge is 2.51. The predicted octanol–water partition coefficient (Wildman–Crippen LogP) is 3.07. The maximum Gasteiger partial charge on any atom is 0.0509 e. The van der Waals surface area contributed by atoms with Gasteiger partial charge in [-0.25, -0.2) is 0 Å². The van der Waals surface area contributed by atoms with E-state index in [4.69, 9.17) is 4.74 Å². The van der Waals surface area contributed by atoms with Crippen molar-refractivity contribution in [3.63, 3.8) is 0 Å². The third-order valence-electron chi connectivity index (χ3n) is 6.75. The molecule has 1 N–H and O–H groups in total. The normalized spacial score (nSPS) is 50.4. The second-order valence-corrected chi connectivity index (χ2v) is 7.80. The molecule has 0 aromatic rings. The Morgan fingerprint density at radius 3 is 2.21 bits per heavy atom. The summed E-state index contributed by atoms with van der Waals surface area (Å²) in [5.74, 6) is 6.01. The lowest BCUT2D eigenvalue weighted by Gasteiger charge is -2.57. The van der Waals surface area contributed by atoms with Crippen LogP contribution in [0.25, 0.3) is 0 Å². The van der Waals surface area contributed by atoms with Gasteiger partial charge in [-0.15, -0.1) is 0 Å². The van der Waals surface area contributed by atoms with Crippen molar-refractivity contribution in [3.05, 3.63) is 0 Å². The van der Waals surface area contributed by atoms with Crippen LogP contribution in [-0.4, -0.2) is 26.3 Å². The Hall–Kier alpha value is -0.0800. The lowest BCUT2D eigenvalue weighted by atomic mass is 9.49. The van der Waals surface area contributed by atoms with Crippen LogP contribution in [0, 0.1) is 35.5 Å². The van der Waals surface area contributed by atoms with Crippen molar-refractivity contribution in [3.8, 4) is 0 Å². The molecule has 1 heterocycles. The number of rotatable bonds is 3. The zero-order valence-corrected chi connectivity index (χ0v) is 12.3. The lowest BCUT2D eigenvalue weighted by Crippen LogP contribution is -2.55. The third kappa shape index (κ3) is 2.15. The van der Waals surface area contributed by atoms with E-state index >= 15 is 0 Å². The molecule has 5 aliphatic rings. The number of hydrogen-bond donors (Lipinski definition) is 1. The Labute approximate surface area is 117 Å². The van der Waals surface area contributed by atoms with Crippen molar-refractivity contribution in [1.29, 1.82) is 0 Å². The number of hydrogen-bond acceptors (Lipinski definition) is 2. The van der Waals surface area contributed by atoms with Crippen LogP contribution in [0.5, 0.6) is 0 Å². The van der Waals surface area contributed by atoms with Gasteiger partial charge in [0, 0.05) is 12.6 Å². The molecule has 2 unspecified atom stereocenters. The van der Waals surface area contributed by atoms with Gasteiger partial charge in [-0.1, -0.05) is 0 Å². The molecule has 2 heteroatoms. The summed E-state index contributed by atoms with van der Waals surface area (Å²) >= 11 is 0. The maximum atomic E-state index is 5.77. The fraction of sp³-hybridized carbons (Fsp3) is 1.00. The Balaban J connectivity index is 1.53. The van der Waals surface area contributed by atoms with Crippen molar-refractivity contribution in [1.82, 2.24) is 5.32 Å². The first-order chi connectivity index (χ1) is 9.35. The van der Waals surface area contributed by atoms with Gasteiger partial charge in [-0.2, -0.15) is 0 Å². The van der Waals surface area contributed by atoms with Gasteiger partial charge < -0.3 is 10.1 Å². The van der Waals surface area contributed by atoms with Crippen LogP contribution in [-0.2, 0) is 4.74 Å². The topological polar surface area (TPSA) is 21.3 Å². The van der Waals surface area contributed by atoms with Gasteiger partial charge in [0.05, 0.1) is 6.61 Å². The molecular weight excluding hydrogens is 234 g/mol. The Bertz CT molecular complexity index is 295. The van der Waals surface area contributed by atoms with Crippen molar-refractivity contribution in [2.45, 2.75) is 51.0 Å². The van der Waals surface area contributed by atoms with Crippen LogP contribution >= 0.6 is 0 Å². The molecule has 1 saturated heterocycles. The van der Waals surface area contributed by atoms with Crippen LogP contribution in [0.1, 0.15) is 44.9 Å². The summed E-state index contributed by atoms with van der Waals surface area (Å²) in [5.41, 5.74) is 0. The van der Waals surface area contributed by atoms with E-state index in [2.05, 4.69) is 12.4 Å². The molecular formula is C17H29NO. The standard InChI is InChI=1S/C17H29NO/c1-18-17(13-3-2-4-19-10-13)16-14-6-11-5-12(8-14)9-15(16)7-11/h11-18H,2-10H2,1H3. The van der Waals surface area contributed by atoms with E-state index in [1.54, 1.807) is 32.1 Å². The van der Waals surface area contributed by atoms with Crippen LogP contribution < -0.4 is 5.32 Å². The first-order valence-electron chi connectivity index (χ1n) is 8.60. The highest BCUT2D eigenvalue weighted by molar-refractivity contribution is 5.02. The first-order valence-corrected chi connectivity index (χ1v) is 8.60. The van der Waals surface area contributed by atoms with Crippen molar-refractivity contribution >= 4 is 0 Å². The monoisotopic (exact) mass is 263 g/mol. The molecule has 4 aliphatic carbocycles. The van der Waals surface area contributed by atoms with Crippen LogP contribution in [0.2, 0.25) is 0 Å². The van der Waals surface area contributed by atoms with Gasteiger partial charge in [0.15, 0.2) is 0 Å². The highest BCUT2D eigenvalue weighted by Crippen LogP contribution is 2.58. The fourth-order valence-electron chi connectivity index (χ4n) is 6.34. The zero-order valence-electron chi connectivity index (χ0n) is 12.3. The number of ether oxygens (including phenoxy) is 1. The predicted molar refractivity (Wildman–Crippen MR) is 76.9 cm³/mol. The molecule has 0 spiro atoms. The molecule has 2 atom stereocenters. The van der Waals surface area contributed by atoms with Crippen molar-refractivity contribution in [2.75, 3.05) is 20.3 Å². The third-order valence-corrected chi connectivity index (χ3v) is 6.75. The molecule has 0 aromatic carbocycles. The minimum Gasteiger partial charge on any atom is -0.381 e. The molecule has 0 aromatic heterocycles. The molecule has 5 fully saturated rings. The summed E-state index contributed by atoms with van der Waals surface area (Å²) in [7, 11) is 2.20. The van der Waals surface area contributed by atoms with E-state index in [0.29, 0.717) is 0 Å². The molecule has 4 saturated carbocycles. The summed E-state index contributed by atoms with van der Waals surface area (Å²) in [6.07, 6.45) is 10.4.